The Bertz CT molecular complexity index is 328. The van der Waals surface area contributed by atoms with Crippen LogP contribution in [-0.4, -0.2) is 36.0 Å². The Morgan fingerprint density at radius 1 is 1.47 bits per heavy atom. The van der Waals surface area contributed by atoms with Crippen molar-refractivity contribution in [3.63, 3.8) is 0 Å². The Morgan fingerprint density at radius 2 is 2.35 bits per heavy atom. The lowest BCUT2D eigenvalue weighted by Crippen LogP contribution is -2.62. The van der Waals surface area contributed by atoms with Crippen molar-refractivity contribution in [3.05, 3.63) is 12.7 Å². The van der Waals surface area contributed by atoms with Gasteiger partial charge in [-0.1, -0.05) is 6.08 Å². The molecule has 3 nitrogen and oxygen atoms in total. The Labute approximate surface area is 103 Å². The molecule has 94 valence electrons. The number of hydrogen-bond donors (Lipinski definition) is 1. The highest BCUT2D eigenvalue weighted by atomic mass is 16.2. The quantitative estimate of drug-likeness (QED) is 0.735. The van der Waals surface area contributed by atoms with Gasteiger partial charge in [-0.25, -0.2) is 0 Å². The zero-order valence-electron chi connectivity index (χ0n) is 10.4. The number of fused-ring (bicyclic) bond motifs is 4. The van der Waals surface area contributed by atoms with E-state index in [9.17, 15) is 4.79 Å². The van der Waals surface area contributed by atoms with Crippen LogP contribution in [0, 0.1) is 11.8 Å². The molecule has 17 heavy (non-hydrogen) atoms. The van der Waals surface area contributed by atoms with E-state index in [1.54, 1.807) is 0 Å². The first-order valence-corrected chi connectivity index (χ1v) is 6.93. The molecule has 4 atom stereocenters. The summed E-state index contributed by atoms with van der Waals surface area (Å²) in [5.74, 6) is 1.74. The molecule has 0 aromatic rings. The van der Waals surface area contributed by atoms with E-state index < -0.39 is 0 Å². The van der Waals surface area contributed by atoms with Gasteiger partial charge in [0.25, 0.3) is 0 Å². The zero-order valence-corrected chi connectivity index (χ0v) is 10.4. The summed E-state index contributed by atoms with van der Waals surface area (Å²) in [7, 11) is 0. The number of amides is 1. The van der Waals surface area contributed by atoms with Crippen LogP contribution < -0.4 is 5.32 Å². The molecule has 3 aliphatic rings. The maximum absolute atomic E-state index is 12.0. The van der Waals surface area contributed by atoms with Crippen molar-refractivity contribution < 1.29 is 4.79 Å². The van der Waals surface area contributed by atoms with Crippen LogP contribution >= 0.6 is 0 Å². The Morgan fingerprint density at radius 3 is 3.18 bits per heavy atom. The van der Waals surface area contributed by atoms with Gasteiger partial charge in [0.1, 0.15) is 0 Å². The Hall–Kier alpha value is -0.830. The average Bonchev–Trinajstić information content (AvgIpc) is 2.34. The summed E-state index contributed by atoms with van der Waals surface area (Å²) in [6, 6.07) is 1.07. The standard InChI is InChI=1S/C14H22N2O/c1-2-4-12-11-7-10(8-15-12)13-5-3-6-14(17)16(13)9-11/h2,10-13,15H,1,3-9H2/t10-,11-,12-,13+/m0/s1. The lowest BCUT2D eigenvalue weighted by Gasteiger charge is -2.52. The third kappa shape index (κ3) is 1.90. The third-order valence-electron chi connectivity index (χ3n) is 4.82. The summed E-state index contributed by atoms with van der Waals surface area (Å²) >= 11 is 0. The Kier molecular flexibility index (Phi) is 2.95. The largest absolute Gasteiger partial charge is 0.339 e. The number of rotatable bonds is 2. The van der Waals surface area contributed by atoms with Crippen molar-refractivity contribution in [3.8, 4) is 0 Å². The topological polar surface area (TPSA) is 32.3 Å². The fourth-order valence-electron chi connectivity index (χ4n) is 3.98. The van der Waals surface area contributed by atoms with E-state index in [0.29, 0.717) is 29.8 Å². The minimum Gasteiger partial charge on any atom is -0.339 e. The highest BCUT2D eigenvalue weighted by Gasteiger charge is 2.44. The molecule has 0 aromatic carbocycles. The van der Waals surface area contributed by atoms with E-state index >= 15 is 0 Å². The highest BCUT2D eigenvalue weighted by Crippen LogP contribution is 2.38. The molecule has 3 fully saturated rings. The number of hydrogen-bond acceptors (Lipinski definition) is 2. The molecule has 3 heterocycles. The molecule has 3 heteroatoms. The van der Waals surface area contributed by atoms with Gasteiger partial charge in [0.05, 0.1) is 0 Å². The predicted octanol–water partition coefficient (Wildman–Crippen LogP) is 1.55. The maximum atomic E-state index is 12.0. The summed E-state index contributed by atoms with van der Waals surface area (Å²) in [6.45, 7) is 5.90. The van der Waals surface area contributed by atoms with Gasteiger partial charge in [-0.05, 0) is 37.5 Å². The number of piperidine rings is 3. The molecule has 3 rings (SSSR count). The smallest absolute Gasteiger partial charge is 0.222 e. The van der Waals surface area contributed by atoms with E-state index in [-0.39, 0.29) is 0 Å². The average molecular weight is 234 g/mol. The van der Waals surface area contributed by atoms with E-state index in [2.05, 4.69) is 16.8 Å². The number of carbonyl (C=O) groups excluding carboxylic acids is 1. The summed E-state index contributed by atoms with van der Waals surface area (Å²) in [4.78, 5) is 14.2. The first kappa shape index (κ1) is 11.3. The van der Waals surface area contributed by atoms with Crippen molar-refractivity contribution in [1.29, 1.82) is 0 Å². The third-order valence-corrected chi connectivity index (χ3v) is 4.82. The van der Waals surface area contributed by atoms with Gasteiger partial charge >= 0.3 is 0 Å². The molecule has 0 radical (unpaired) electrons. The van der Waals surface area contributed by atoms with Gasteiger partial charge in [-0.15, -0.1) is 6.58 Å². The second-order valence-corrected chi connectivity index (χ2v) is 5.80. The second kappa shape index (κ2) is 4.45. The van der Waals surface area contributed by atoms with Crippen molar-refractivity contribution >= 4 is 5.91 Å². The van der Waals surface area contributed by atoms with Crippen LogP contribution in [0.15, 0.2) is 12.7 Å². The SMILES string of the molecule is C=CC[C@@H]1NC[C@@H]2C[C@H]1CN1C(=O)CCC[C@H]21. The minimum atomic E-state index is 0.398. The first-order valence-electron chi connectivity index (χ1n) is 6.93. The number of nitrogens with zero attached hydrogens (tertiary/aromatic N) is 1. The van der Waals surface area contributed by atoms with Gasteiger partial charge in [0.2, 0.25) is 5.91 Å². The van der Waals surface area contributed by atoms with Crippen LogP contribution in [0.2, 0.25) is 0 Å². The predicted molar refractivity (Wildman–Crippen MR) is 67.6 cm³/mol. The molecule has 0 aliphatic carbocycles. The van der Waals surface area contributed by atoms with Crippen LogP contribution in [0.4, 0.5) is 0 Å². The van der Waals surface area contributed by atoms with Gasteiger partial charge in [-0.2, -0.15) is 0 Å². The van der Waals surface area contributed by atoms with Crippen molar-refractivity contribution in [2.45, 2.75) is 44.2 Å². The summed E-state index contributed by atoms with van der Waals surface area (Å²) in [5, 5.41) is 3.66. The van der Waals surface area contributed by atoms with Gasteiger partial charge < -0.3 is 10.2 Å². The van der Waals surface area contributed by atoms with Crippen LogP contribution in [0.25, 0.3) is 0 Å². The maximum Gasteiger partial charge on any atom is 0.222 e. The fraction of sp³-hybridized carbons (Fsp3) is 0.786. The van der Waals surface area contributed by atoms with Crippen molar-refractivity contribution in [1.82, 2.24) is 10.2 Å². The van der Waals surface area contributed by atoms with E-state index in [1.165, 1.54) is 12.8 Å². The molecule has 0 spiro atoms. The molecule has 2 bridgehead atoms. The molecule has 1 amide bonds. The van der Waals surface area contributed by atoms with Crippen LogP contribution in [0.3, 0.4) is 0 Å². The Balaban J connectivity index is 1.77. The van der Waals surface area contributed by atoms with Gasteiger partial charge in [0, 0.05) is 31.6 Å². The molecular weight excluding hydrogens is 212 g/mol. The number of nitrogens with one attached hydrogen (secondary N) is 1. The first-order chi connectivity index (χ1) is 8.29. The lowest BCUT2D eigenvalue weighted by molar-refractivity contribution is -0.143. The molecular formula is C14H22N2O. The van der Waals surface area contributed by atoms with Crippen molar-refractivity contribution in [2.75, 3.05) is 13.1 Å². The summed E-state index contributed by atoms with van der Waals surface area (Å²) in [6.07, 6.45) is 7.43. The monoisotopic (exact) mass is 234 g/mol. The normalized spacial score (nSPS) is 40.9. The molecule has 3 saturated heterocycles. The molecule has 1 N–H and O–H groups in total. The second-order valence-electron chi connectivity index (χ2n) is 5.80. The lowest BCUT2D eigenvalue weighted by atomic mass is 9.73. The van der Waals surface area contributed by atoms with Crippen molar-refractivity contribution in [2.24, 2.45) is 11.8 Å². The van der Waals surface area contributed by atoms with Crippen LogP contribution in [0.1, 0.15) is 32.1 Å². The van der Waals surface area contributed by atoms with Crippen LogP contribution in [0.5, 0.6) is 0 Å². The van der Waals surface area contributed by atoms with Gasteiger partial charge in [0.15, 0.2) is 0 Å². The minimum absolute atomic E-state index is 0.398. The van der Waals surface area contributed by atoms with Gasteiger partial charge in [-0.3, -0.25) is 4.79 Å². The molecule has 0 aromatic heterocycles. The highest BCUT2D eigenvalue weighted by molar-refractivity contribution is 5.77. The zero-order chi connectivity index (χ0) is 11.8. The van der Waals surface area contributed by atoms with E-state index in [0.717, 1.165) is 32.4 Å². The molecule has 0 unspecified atom stereocenters. The summed E-state index contributed by atoms with van der Waals surface area (Å²) in [5.41, 5.74) is 0. The molecule has 3 aliphatic heterocycles. The fourth-order valence-corrected chi connectivity index (χ4v) is 3.98. The molecule has 0 saturated carbocycles. The van der Waals surface area contributed by atoms with Crippen LogP contribution in [-0.2, 0) is 4.79 Å². The van der Waals surface area contributed by atoms with E-state index in [1.807, 2.05) is 6.08 Å². The summed E-state index contributed by atoms with van der Waals surface area (Å²) < 4.78 is 0. The number of carbonyl (C=O) groups is 1. The van der Waals surface area contributed by atoms with E-state index in [4.69, 9.17) is 0 Å².